The quantitative estimate of drug-likeness (QED) is 0.668. The highest BCUT2D eigenvalue weighted by Gasteiger charge is 2.12. The number of aliphatic hydroxyl groups excluding tert-OH is 1. The molecule has 0 aromatic heterocycles. The second-order valence-corrected chi connectivity index (χ2v) is 8.08. The summed E-state index contributed by atoms with van der Waals surface area (Å²) in [5, 5.41) is 9.92. The molecule has 0 fully saturated rings. The van der Waals surface area contributed by atoms with Gasteiger partial charge in [0.2, 0.25) is 0 Å². The van der Waals surface area contributed by atoms with Crippen molar-refractivity contribution in [3.8, 4) is 11.5 Å². The average Bonchev–Trinajstić information content (AvgIpc) is 2.53. The minimum Gasteiger partial charge on any atom is -0.489 e. The first-order chi connectivity index (χ1) is 11.3. The minimum atomic E-state index is -3.65. The van der Waals surface area contributed by atoms with Gasteiger partial charge in [0.05, 0.1) is 12.4 Å². The highest BCUT2D eigenvalue weighted by atomic mass is 79.9. The maximum atomic E-state index is 11.6. The summed E-state index contributed by atoms with van der Waals surface area (Å²) in [7, 11) is -3.65. The number of hydrogen-bond acceptors (Lipinski definition) is 5. The lowest BCUT2D eigenvalue weighted by Gasteiger charge is -2.12. The van der Waals surface area contributed by atoms with Gasteiger partial charge in [0.15, 0.2) is 0 Å². The summed E-state index contributed by atoms with van der Waals surface area (Å²) in [6, 6.07) is 9.87. The molecule has 0 aliphatic heterocycles. The van der Waals surface area contributed by atoms with E-state index in [-0.39, 0.29) is 24.7 Å². The molecule has 0 aliphatic rings. The summed E-state index contributed by atoms with van der Waals surface area (Å²) in [6.07, 6.45) is 0. The minimum absolute atomic E-state index is 0.105. The average molecular weight is 436 g/mol. The molecular formula is C16H16BrClO5S. The summed E-state index contributed by atoms with van der Waals surface area (Å²) in [5.41, 5.74) is 1.36. The van der Waals surface area contributed by atoms with E-state index in [9.17, 15) is 13.5 Å². The van der Waals surface area contributed by atoms with E-state index in [1.54, 1.807) is 18.2 Å². The summed E-state index contributed by atoms with van der Waals surface area (Å²) in [4.78, 5) is 0. The van der Waals surface area contributed by atoms with Crippen LogP contribution in [0.1, 0.15) is 18.1 Å². The van der Waals surface area contributed by atoms with E-state index in [2.05, 4.69) is 15.9 Å². The van der Waals surface area contributed by atoms with E-state index in [0.717, 1.165) is 10.0 Å². The van der Waals surface area contributed by atoms with Crippen molar-refractivity contribution in [1.82, 2.24) is 0 Å². The number of halogens is 2. The van der Waals surface area contributed by atoms with Gasteiger partial charge in [0.1, 0.15) is 18.1 Å². The first-order valence-electron chi connectivity index (χ1n) is 7.06. The van der Waals surface area contributed by atoms with E-state index in [0.29, 0.717) is 16.3 Å². The van der Waals surface area contributed by atoms with Crippen LogP contribution in [-0.2, 0) is 23.3 Å². The second-order valence-electron chi connectivity index (χ2n) is 4.92. The van der Waals surface area contributed by atoms with Gasteiger partial charge in [0, 0.05) is 21.1 Å². The molecule has 0 bridgehead atoms. The zero-order valence-corrected chi connectivity index (χ0v) is 16.0. The summed E-state index contributed by atoms with van der Waals surface area (Å²) >= 11 is 9.30. The Labute approximate surface area is 154 Å². The third-order valence-electron chi connectivity index (χ3n) is 3.11. The first kappa shape index (κ1) is 19.1. The molecule has 5 nitrogen and oxygen atoms in total. The Kier molecular flexibility index (Phi) is 6.51. The van der Waals surface area contributed by atoms with E-state index in [1.165, 1.54) is 19.1 Å². The smallest absolute Gasteiger partial charge is 0.308 e. The summed E-state index contributed by atoms with van der Waals surface area (Å²) in [5.74, 6) is 0.350. The van der Waals surface area contributed by atoms with Gasteiger partial charge in [0.25, 0.3) is 0 Å². The molecule has 0 radical (unpaired) electrons. The molecule has 2 aromatic carbocycles. The van der Waals surface area contributed by atoms with Gasteiger partial charge in [-0.15, -0.1) is 0 Å². The molecule has 2 rings (SSSR count). The predicted molar refractivity (Wildman–Crippen MR) is 95.9 cm³/mol. The topological polar surface area (TPSA) is 72.8 Å². The van der Waals surface area contributed by atoms with Crippen LogP contribution in [0.2, 0.25) is 5.02 Å². The number of ether oxygens (including phenoxy) is 1. The van der Waals surface area contributed by atoms with Gasteiger partial charge < -0.3 is 14.0 Å². The van der Waals surface area contributed by atoms with Crippen LogP contribution >= 0.6 is 27.5 Å². The van der Waals surface area contributed by atoms with Gasteiger partial charge in [-0.2, -0.15) is 8.42 Å². The molecule has 1 N–H and O–H groups in total. The van der Waals surface area contributed by atoms with Crippen LogP contribution in [0.15, 0.2) is 40.9 Å². The van der Waals surface area contributed by atoms with Crippen molar-refractivity contribution in [2.45, 2.75) is 20.1 Å². The first-order valence-corrected chi connectivity index (χ1v) is 9.81. The molecule has 0 aliphatic carbocycles. The predicted octanol–water partition coefficient (Wildman–Crippen LogP) is 3.90. The molecule has 24 heavy (non-hydrogen) atoms. The normalized spacial score (nSPS) is 11.3. The van der Waals surface area contributed by atoms with Crippen molar-refractivity contribution in [2.75, 3.05) is 5.75 Å². The summed E-state index contributed by atoms with van der Waals surface area (Å²) in [6.45, 7) is 1.47. The standard InChI is InChI=1S/C16H16BrClO5S/c1-2-24(20,21)23-15-6-11(9-19)5-14(8-15)22-10-12-3-4-13(18)7-16(12)17/h3-8,19H,2,9-10H2,1H3. The van der Waals surface area contributed by atoms with Gasteiger partial charge in [-0.05, 0) is 36.8 Å². The molecule has 8 heteroatoms. The fourth-order valence-corrected chi connectivity index (χ4v) is 3.16. The summed E-state index contributed by atoms with van der Waals surface area (Å²) < 4.78 is 34.7. The van der Waals surface area contributed by atoms with Crippen LogP contribution < -0.4 is 8.92 Å². The van der Waals surface area contributed by atoms with Crippen molar-refractivity contribution < 1.29 is 22.4 Å². The molecule has 0 atom stereocenters. The van der Waals surface area contributed by atoms with Crippen LogP contribution in [0.3, 0.4) is 0 Å². The second kappa shape index (κ2) is 8.20. The molecule has 0 heterocycles. The Morgan fingerprint density at radius 3 is 2.50 bits per heavy atom. The molecule has 0 spiro atoms. The van der Waals surface area contributed by atoms with Crippen molar-refractivity contribution in [1.29, 1.82) is 0 Å². The fraction of sp³-hybridized carbons (Fsp3) is 0.250. The van der Waals surface area contributed by atoms with Crippen LogP contribution in [0, 0.1) is 0 Å². The number of benzene rings is 2. The molecule has 2 aromatic rings. The van der Waals surface area contributed by atoms with E-state index in [1.807, 2.05) is 6.07 Å². The van der Waals surface area contributed by atoms with E-state index < -0.39 is 10.1 Å². The maximum Gasteiger partial charge on any atom is 0.308 e. The Morgan fingerprint density at radius 1 is 1.17 bits per heavy atom. The van der Waals surface area contributed by atoms with Crippen LogP contribution in [0.4, 0.5) is 0 Å². The molecular weight excluding hydrogens is 420 g/mol. The fourth-order valence-electron chi connectivity index (χ4n) is 1.86. The van der Waals surface area contributed by atoms with Gasteiger partial charge >= 0.3 is 10.1 Å². The Bertz CT molecular complexity index is 823. The molecule has 0 saturated heterocycles. The molecule has 0 saturated carbocycles. The number of rotatable bonds is 7. The van der Waals surface area contributed by atoms with Gasteiger partial charge in [-0.1, -0.05) is 33.6 Å². The zero-order valence-electron chi connectivity index (χ0n) is 12.8. The van der Waals surface area contributed by atoms with E-state index >= 15 is 0 Å². The lowest BCUT2D eigenvalue weighted by Crippen LogP contribution is -2.11. The van der Waals surface area contributed by atoms with Crippen LogP contribution in [0.25, 0.3) is 0 Å². The number of hydrogen-bond donors (Lipinski definition) is 1. The maximum absolute atomic E-state index is 11.6. The Balaban J connectivity index is 2.20. The van der Waals surface area contributed by atoms with Crippen LogP contribution in [0.5, 0.6) is 11.5 Å². The van der Waals surface area contributed by atoms with Crippen molar-refractivity contribution in [3.63, 3.8) is 0 Å². The number of aliphatic hydroxyl groups is 1. The largest absolute Gasteiger partial charge is 0.489 e. The van der Waals surface area contributed by atoms with Gasteiger partial charge in [-0.25, -0.2) is 0 Å². The van der Waals surface area contributed by atoms with E-state index in [4.69, 9.17) is 20.5 Å². The van der Waals surface area contributed by atoms with Crippen molar-refractivity contribution >= 4 is 37.6 Å². The van der Waals surface area contributed by atoms with Crippen LogP contribution in [-0.4, -0.2) is 19.3 Å². The lowest BCUT2D eigenvalue weighted by molar-refractivity contribution is 0.277. The molecule has 0 unspecified atom stereocenters. The third kappa shape index (κ3) is 5.37. The van der Waals surface area contributed by atoms with Gasteiger partial charge in [-0.3, -0.25) is 0 Å². The lowest BCUT2D eigenvalue weighted by atomic mass is 10.2. The highest BCUT2D eigenvalue weighted by molar-refractivity contribution is 9.10. The third-order valence-corrected chi connectivity index (χ3v) is 5.24. The SMILES string of the molecule is CCS(=O)(=O)Oc1cc(CO)cc(OCc2ccc(Cl)cc2Br)c1. The highest BCUT2D eigenvalue weighted by Crippen LogP contribution is 2.27. The van der Waals surface area contributed by atoms with Crippen molar-refractivity contribution in [2.24, 2.45) is 0 Å². The monoisotopic (exact) mass is 434 g/mol. The zero-order chi connectivity index (χ0) is 17.7. The van der Waals surface area contributed by atoms with Crippen molar-refractivity contribution in [3.05, 3.63) is 57.0 Å². The Morgan fingerprint density at radius 2 is 1.88 bits per heavy atom. The molecule has 0 amide bonds. The Hall–Kier alpha value is -1.28. The molecule has 130 valence electrons.